The van der Waals surface area contributed by atoms with Gasteiger partial charge in [-0.3, -0.25) is 0 Å². The number of nitrogens with two attached hydrogens (primary N) is 1. The van der Waals surface area contributed by atoms with Gasteiger partial charge >= 0.3 is 0 Å². The fourth-order valence-corrected chi connectivity index (χ4v) is 2.17. The van der Waals surface area contributed by atoms with Crippen LogP contribution in [0.3, 0.4) is 0 Å². The third-order valence-corrected chi connectivity index (χ3v) is 2.92. The summed E-state index contributed by atoms with van der Waals surface area (Å²) in [4.78, 5) is 8.30. The molecule has 0 aliphatic heterocycles. The molecule has 1 aromatic rings. The lowest BCUT2D eigenvalue weighted by Crippen LogP contribution is -2.12. The van der Waals surface area contributed by atoms with Crippen molar-refractivity contribution < 1.29 is 4.74 Å². The summed E-state index contributed by atoms with van der Waals surface area (Å²) in [5.74, 6) is 6.96. The molecule has 5 nitrogen and oxygen atoms in total. The Hall–Kier alpha value is -0.850. The second-order valence-corrected chi connectivity index (χ2v) is 3.93. The van der Waals surface area contributed by atoms with Crippen LogP contribution in [0.5, 0.6) is 0 Å². The Morgan fingerprint density at radius 3 is 2.93 bits per heavy atom. The number of anilines is 1. The number of nitrogen functional groups attached to an aromatic ring is 1. The minimum atomic E-state index is 0.701. The third kappa shape index (κ3) is 3.33. The van der Waals surface area contributed by atoms with Gasteiger partial charge in [-0.15, -0.1) is 11.8 Å². The van der Waals surface area contributed by atoms with E-state index in [1.807, 2.05) is 0 Å². The van der Waals surface area contributed by atoms with Crippen molar-refractivity contribution in [2.45, 2.75) is 18.4 Å². The number of thioether (sulfide) groups is 1. The van der Waals surface area contributed by atoms with E-state index in [9.17, 15) is 0 Å². The zero-order valence-electron chi connectivity index (χ0n) is 8.99. The van der Waals surface area contributed by atoms with E-state index in [4.69, 9.17) is 10.6 Å². The molecular weight excluding hydrogens is 212 g/mol. The van der Waals surface area contributed by atoms with E-state index in [2.05, 4.69) is 22.3 Å². The number of ether oxygens (including phenoxy) is 1. The van der Waals surface area contributed by atoms with E-state index < -0.39 is 0 Å². The van der Waals surface area contributed by atoms with Gasteiger partial charge in [0.05, 0.1) is 6.61 Å². The Balaban J connectivity index is 2.76. The maximum atomic E-state index is 5.38. The van der Waals surface area contributed by atoms with Gasteiger partial charge in [-0.2, -0.15) is 0 Å². The van der Waals surface area contributed by atoms with Crippen molar-refractivity contribution in [1.29, 1.82) is 0 Å². The molecule has 0 bridgehead atoms. The molecule has 0 saturated carbocycles. The normalized spacial score (nSPS) is 10.3. The minimum absolute atomic E-state index is 0.701. The minimum Gasteiger partial charge on any atom is -0.384 e. The first kappa shape index (κ1) is 12.2. The lowest BCUT2D eigenvalue weighted by atomic mass is 10.2. The quantitative estimate of drug-likeness (QED) is 0.249. The Kier molecular flexibility index (Phi) is 5.38. The maximum absolute atomic E-state index is 5.38. The molecule has 6 heteroatoms. The number of nitrogens with zero attached hydrogens (tertiary/aromatic N) is 2. The average molecular weight is 228 g/mol. The molecule has 84 valence electrons. The van der Waals surface area contributed by atoms with Crippen LogP contribution < -0.4 is 11.3 Å². The van der Waals surface area contributed by atoms with Crippen LogP contribution in [-0.4, -0.2) is 29.4 Å². The second kappa shape index (κ2) is 6.60. The number of hydrazine groups is 1. The van der Waals surface area contributed by atoms with Crippen LogP contribution in [0.25, 0.3) is 0 Å². The summed E-state index contributed by atoms with van der Waals surface area (Å²) in [5, 5.41) is 0.970. The van der Waals surface area contributed by atoms with Crippen LogP contribution in [0.1, 0.15) is 12.5 Å². The third-order valence-electron chi connectivity index (χ3n) is 1.92. The fourth-order valence-electron chi connectivity index (χ4n) is 1.19. The highest BCUT2D eigenvalue weighted by Gasteiger charge is 2.08. The highest BCUT2D eigenvalue weighted by molar-refractivity contribution is 7.99. The molecule has 1 aromatic heterocycles. The van der Waals surface area contributed by atoms with Crippen molar-refractivity contribution in [3.8, 4) is 0 Å². The predicted molar refractivity (Wildman–Crippen MR) is 61.8 cm³/mol. The Labute approximate surface area is 93.8 Å². The van der Waals surface area contributed by atoms with Gasteiger partial charge in [0.2, 0.25) is 0 Å². The summed E-state index contributed by atoms with van der Waals surface area (Å²) in [6.45, 7) is 2.77. The molecule has 0 aromatic carbocycles. The first-order valence-corrected chi connectivity index (χ1v) is 5.74. The van der Waals surface area contributed by atoms with Crippen molar-refractivity contribution in [3.63, 3.8) is 0 Å². The molecule has 15 heavy (non-hydrogen) atoms. The summed E-state index contributed by atoms with van der Waals surface area (Å²) < 4.78 is 4.99. The highest BCUT2D eigenvalue weighted by atomic mass is 32.2. The topological polar surface area (TPSA) is 73.1 Å². The number of aromatic nitrogens is 2. The SMILES string of the molecule is CCc1c(NN)ncnc1SCCOC. The lowest BCUT2D eigenvalue weighted by molar-refractivity contribution is 0.218. The van der Waals surface area contributed by atoms with Gasteiger partial charge in [-0.25, -0.2) is 15.8 Å². The van der Waals surface area contributed by atoms with Gasteiger partial charge < -0.3 is 10.2 Å². The smallest absolute Gasteiger partial charge is 0.147 e. The molecule has 1 rings (SSSR count). The molecule has 0 unspecified atom stereocenters. The maximum Gasteiger partial charge on any atom is 0.147 e. The van der Waals surface area contributed by atoms with Crippen LogP contribution in [0.4, 0.5) is 5.82 Å². The van der Waals surface area contributed by atoms with E-state index in [0.29, 0.717) is 12.4 Å². The highest BCUT2D eigenvalue weighted by Crippen LogP contribution is 2.24. The summed E-state index contributed by atoms with van der Waals surface area (Å²) in [5.41, 5.74) is 3.64. The van der Waals surface area contributed by atoms with E-state index in [1.165, 1.54) is 6.33 Å². The number of methoxy groups -OCH3 is 1. The summed E-state index contributed by atoms with van der Waals surface area (Å²) in [7, 11) is 1.69. The lowest BCUT2D eigenvalue weighted by Gasteiger charge is -2.09. The van der Waals surface area contributed by atoms with Gasteiger partial charge in [0, 0.05) is 18.4 Å². The predicted octanol–water partition coefficient (Wildman–Crippen LogP) is 1.06. The summed E-state index contributed by atoms with van der Waals surface area (Å²) in [6, 6.07) is 0. The van der Waals surface area contributed by atoms with Crippen LogP contribution in [0.15, 0.2) is 11.4 Å². The number of rotatable bonds is 6. The average Bonchev–Trinajstić information content (AvgIpc) is 2.29. The molecule has 0 spiro atoms. The Morgan fingerprint density at radius 2 is 2.33 bits per heavy atom. The van der Waals surface area contributed by atoms with E-state index in [-0.39, 0.29) is 0 Å². The van der Waals surface area contributed by atoms with Gasteiger partial charge in [0.25, 0.3) is 0 Å². The molecule has 0 amide bonds. The molecule has 0 aliphatic rings. The van der Waals surface area contributed by atoms with Crippen molar-refractivity contribution in [3.05, 3.63) is 11.9 Å². The van der Waals surface area contributed by atoms with E-state index >= 15 is 0 Å². The molecular formula is C9H16N4OS. The zero-order valence-corrected chi connectivity index (χ0v) is 9.80. The first-order chi connectivity index (χ1) is 7.33. The molecule has 3 N–H and O–H groups in total. The molecule has 0 fully saturated rings. The van der Waals surface area contributed by atoms with Gasteiger partial charge in [-0.05, 0) is 6.42 Å². The van der Waals surface area contributed by atoms with Crippen molar-refractivity contribution in [1.82, 2.24) is 9.97 Å². The molecule has 0 aliphatic carbocycles. The van der Waals surface area contributed by atoms with Crippen LogP contribution in [-0.2, 0) is 11.2 Å². The van der Waals surface area contributed by atoms with Crippen molar-refractivity contribution in [2.24, 2.45) is 5.84 Å². The van der Waals surface area contributed by atoms with Gasteiger partial charge in [0.1, 0.15) is 17.2 Å². The van der Waals surface area contributed by atoms with Crippen molar-refractivity contribution in [2.75, 3.05) is 24.9 Å². The van der Waals surface area contributed by atoms with Gasteiger partial charge in [0.15, 0.2) is 0 Å². The number of hydrogen-bond acceptors (Lipinski definition) is 6. The number of hydrogen-bond donors (Lipinski definition) is 2. The fraction of sp³-hybridized carbons (Fsp3) is 0.556. The summed E-state index contributed by atoms with van der Waals surface area (Å²) >= 11 is 1.65. The zero-order chi connectivity index (χ0) is 11.1. The number of nitrogens with one attached hydrogen (secondary N) is 1. The molecule has 0 radical (unpaired) electrons. The van der Waals surface area contributed by atoms with Crippen LogP contribution >= 0.6 is 11.8 Å². The molecule has 0 atom stereocenters. The van der Waals surface area contributed by atoms with Crippen LogP contribution in [0.2, 0.25) is 0 Å². The monoisotopic (exact) mass is 228 g/mol. The first-order valence-electron chi connectivity index (χ1n) is 4.75. The van der Waals surface area contributed by atoms with Crippen molar-refractivity contribution >= 4 is 17.6 Å². The van der Waals surface area contributed by atoms with E-state index in [1.54, 1.807) is 18.9 Å². The molecule has 0 saturated heterocycles. The largest absolute Gasteiger partial charge is 0.384 e. The Bertz CT molecular complexity index is 308. The van der Waals surface area contributed by atoms with Crippen LogP contribution in [0, 0.1) is 0 Å². The summed E-state index contributed by atoms with van der Waals surface area (Å²) in [6.07, 6.45) is 2.37. The second-order valence-electron chi connectivity index (χ2n) is 2.85. The standard InChI is InChI=1S/C9H16N4OS/c1-3-7-8(13-10)11-6-12-9(7)15-5-4-14-2/h6H,3-5,10H2,1-2H3,(H,11,12,13). The van der Waals surface area contributed by atoms with E-state index in [0.717, 1.165) is 22.8 Å². The molecule has 1 heterocycles. The Morgan fingerprint density at radius 1 is 1.53 bits per heavy atom. The van der Waals surface area contributed by atoms with Gasteiger partial charge in [-0.1, -0.05) is 6.92 Å².